The summed E-state index contributed by atoms with van der Waals surface area (Å²) < 4.78 is 24.6. The number of guanidine groups is 1. The van der Waals surface area contributed by atoms with Crippen molar-refractivity contribution in [1.82, 2.24) is 10.6 Å². The first-order valence-corrected chi connectivity index (χ1v) is 9.68. The Morgan fingerprint density at radius 1 is 1.07 bits per heavy atom. The van der Waals surface area contributed by atoms with Crippen LogP contribution in [0.3, 0.4) is 0 Å². The quantitative estimate of drug-likeness (QED) is 0.437. The fourth-order valence-corrected chi connectivity index (χ4v) is 3.46. The molecule has 1 heterocycles. The highest BCUT2D eigenvalue weighted by Gasteiger charge is 2.34. The Hall–Kier alpha value is -2.60. The molecule has 1 saturated heterocycles. The van der Waals surface area contributed by atoms with E-state index < -0.39 is 0 Å². The molecule has 0 amide bonds. The molecule has 28 heavy (non-hydrogen) atoms. The summed E-state index contributed by atoms with van der Waals surface area (Å²) in [6, 6.07) is 16.6. The van der Waals surface area contributed by atoms with Gasteiger partial charge in [-0.3, -0.25) is 4.99 Å². The maximum Gasteiger partial charge on any atom is 0.191 e. The average molecular weight is 385 g/mol. The van der Waals surface area contributed by atoms with Gasteiger partial charge in [0.15, 0.2) is 5.96 Å². The van der Waals surface area contributed by atoms with Gasteiger partial charge >= 0.3 is 0 Å². The highest BCUT2D eigenvalue weighted by Crippen LogP contribution is 2.34. The molecule has 5 nitrogen and oxygen atoms in total. The van der Waals surface area contributed by atoms with Crippen LogP contribution in [0.2, 0.25) is 0 Å². The molecule has 0 saturated carbocycles. The molecule has 0 bridgehead atoms. The van der Waals surface area contributed by atoms with E-state index in [-0.39, 0.29) is 11.2 Å². The Morgan fingerprint density at radius 3 is 2.46 bits per heavy atom. The normalized spacial score (nSPS) is 16.4. The standard InChI is InChI=1S/C22H28FN3O2/c1-24-21(25-13-16-28-20-5-3-2-4-6-20)26-17-22(11-14-27-15-12-22)18-7-9-19(23)10-8-18/h2-10H,11-17H2,1H3,(H2,24,25,26). The second-order valence-electron chi connectivity index (χ2n) is 6.91. The van der Waals surface area contributed by atoms with Crippen molar-refractivity contribution in [3.05, 3.63) is 66.0 Å². The van der Waals surface area contributed by atoms with E-state index in [9.17, 15) is 4.39 Å². The van der Waals surface area contributed by atoms with Crippen molar-refractivity contribution in [3.63, 3.8) is 0 Å². The molecule has 0 aliphatic carbocycles. The molecule has 0 aromatic heterocycles. The first-order chi connectivity index (χ1) is 13.7. The van der Waals surface area contributed by atoms with Gasteiger partial charge in [-0.05, 0) is 42.7 Å². The minimum atomic E-state index is -0.213. The third-order valence-corrected chi connectivity index (χ3v) is 5.13. The highest BCUT2D eigenvalue weighted by atomic mass is 19.1. The molecule has 1 aliphatic heterocycles. The third-order valence-electron chi connectivity index (χ3n) is 5.13. The van der Waals surface area contributed by atoms with E-state index in [1.54, 1.807) is 7.05 Å². The average Bonchev–Trinajstić information content (AvgIpc) is 2.75. The number of halogens is 1. The third kappa shape index (κ3) is 5.45. The van der Waals surface area contributed by atoms with Crippen molar-refractivity contribution < 1.29 is 13.9 Å². The van der Waals surface area contributed by atoms with E-state index in [0.29, 0.717) is 32.9 Å². The molecule has 6 heteroatoms. The van der Waals surface area contributed by atoms with E-state index in [1.165, 1.54) is 12.1 Å². The molecular weight excluding hydrogens is 357 g/mol. The molecule has 0 atom stereocenters. The van der Waals surface area contributed by atoms with Crippen LogP contribution in [0.4, 0.5) is 4.39 Å². The summed E-state index contributed by atoms with van der Waals surface area (Å²) in [6.07, 6.45) is 1.78. The molecule has 150 valence electrons. The minimum absolute atomic E-state index is 0.0931. The van der Waals surface area contributed by atoms with E-state index in [2.05, 4.69) is 15.6 Å². The number of para-hydroxylation sites is 1. The summed E-state index contributed by atoms with van der Waals surface area (Å²) in [7, 11) is 1.75. The van der Waals surface area contributed by atoms with Gasteiger partial charge in [-0.1, -0.05) is 30.3 Å². The van der Waals surface area contributed by atoms with E-state index >= 15 is 0 Å². The van der Waals surface area contributed by atoms with E-state index in [4.69, 9.17) is 9.47 Å². The van der Waals surface area contributed by atoms with Gasteiger partial charge in [-0.25, -0.2) is 4.39 Å². The first kappa shape index (κ1) is 20.1. The van der Waals surface area contributed by atoms with Crippen molar-refractivity contribution in [3.8, 4) is 5.75 Å². The Kier molecular flexibility index (Phi) is 7.25. The van der Waals surface area contributed by atoms with Gasteiger partial charge in [-0.15, -0.1) is 0 Å². The van der Waals surface area contributed by atoms with Gasteiger partial charge in [-0.2, -0.15) is 0 Å². The zero-order chi connectivity index (χ0) is 19.7. The van der Waals surface area contributed by atoms with Crippen molar-refractivity contribution >= 4 is 5.96 Å². The summed E-state index contributed by atoms with van der Waals surface area (Å²) >= 11 is 0. The highest BCUT2D eigenvalue weighted by molar-refractivity contribution is 5.79. The fourth-order valence-electron chi connectivity index (χ4n) is 3.46. The number of benzene rings is 2. The monoisotopic (exact) mass is 385 g/mol. The lowest BCUT2D eigenvalue weighted by Gasteiger charge is -2.38. The van der Waals surface area contributed by atoms with Crippen LogP contribution in [0.1, 0.15) is 18.4 Å². The van der Waals surface area contributed by atoms with Gasteiger partial charge in [0.2, 0.25) is 0 Å². The first-order valence-electron chi connectivity index (χ1n) is 9.68. The zero-order valence-electron chi connectivity index (χ0n) is 16.3. The Balaban J connectivity index is 1.53. The van der Waals surface area contributed by atoms with Crippen LogP contribution in [0.15, 0.2) is 59.6 Å². The fraction of sp³-hybridized carbons (Fsp3) is 0.409. The zero-order valence-corrected chi connectivity index (χ0v) is 16.3. The lowest BCUT2D eigenvalue weighted by Crippen LogP contribution is -2.48. The van der Waals surface area contributed by atoms with Crippen LogP contribution >= 0.6 is 0 Å². The lowest BCUT2D eigenvalue weighted by atomic mass is 9.74. The molecule has 1 aliphatic rings. The number of rotatable bonds is 7. The predicted molar refractivity (Wildman–Crippen MR) is 109 cm³/mol. The maximum absolute atomic E-state index is 13.4. The van der Waals surface area contributed by atoms with Crippen molar-refractivity contribution in [1.29, 1.82) is 0 Å². The second-order valence-corrected chi connectivity index (χ2v) is 6.91. The predicted octanol–water partition coefficient (Wildman–Crippen LogP) is 3.12. The van der Waals surface area contributed by atoms with E-state index in [1.807, 2.05) is 42.5 Å². The molecule has 0 unspecified atom stereocenters. The van der Waals surface area contributed by atoms with Crippen LogP contribution in [0.25, 0.3) is 0 Å². The van der Waals surface area contributed by atoms with E-state index in [0.717, 1.165) is 30.1 Å². The molecule has 0 spiro atoms. The number of nitrogens with zero attached hydrogens (tertiary/aromatic N) is 1. The van der Waals surface area contributed by atoms with Crippen molar-refractivity contribution in [2.24, 2.45) is 4.99 Å². The SMILES string of the molecule is CN=C(NCCOc1ccccc1)NCC1(c2ccc(F)cc2)CCOCC1. The topological polar surface area (TPSA) is 54.9 Å². The Morgan fingerprint density at radius 2 is 1.79 bits per heavy atom. The summed E-state index contributed by atoms with van der Waals surface area (Å²) in [6.45, 7) is 3.30. The molecule has 2 N–H and O–H groups in total. The molecule has 1 fully saturated rings. The number of nitrogens with one attached hydrogen (secondary N) is 2. The van der Waals surface area contributed by atoms with Crippen LogP contribution in [0, 0.1) is 5.82 Å². The molecule has 2 aromatic rings. The largest absolute Gasteiger partial charge is 0.492 e. The summed E-state index contributed by atoms with van der Waals surface area (Å²) in [4.78, 5) is 4.30. The maximum atomic E-state index is 13.4. The molecular formula is C22H28FN3O2. The Labute approximate surface area is 166 Å². The van der Waals surface area contributed by atoms with Crippen LogP contribution in [0.5, 0.6) is 5.75 Å². The smallest absolute Gasteiger partial charge is 0.191 e. The van der Waals surface area contributed by atoms with Gasteiger partial charge in [0, 0.05) is 32.2 Å². The van der Waals surface area contributed by atoms with Crippen LogP contribution < -0.4 is 15.4 Å². The van der Waals surface area contributed by atoms with Gasteiger partial charge in [0.25, 0.3) is 0 Å². The molecule has 0 radical (unpaired) electrons. The van der Waals surface area contributed by atoms with Crippen LogP contribution in [-0.4, -0.2) is 45.9 Å². The number of hydrogen-bond donors (Lipinski definition) is 2. The minimum Gasteiger partial charge on any atom is -0.492 e. The summed E-state index contributed by atoms with van der Waals surface area (Å²) in [5.74, 6) is 1.36. The van der Waals surface area contributed by atoms with Crippen molar-refractivity contribution in [2.45, 2.75) is 18.3 Å². The van der Waals surface area contributed by atoms with Gasteiger partial charge in [0.05, 0.1) is 6.54 Å². The number of aliphatic imine (C=N–C) groups is 1. The number of hydrogen-bond acceptors (Lipinski definition) is 3. The van der Waals surface area contributed by atoms with Gasteiger partial charge in [0.1, 0.15) is 18.2 Å². The Bertz CT molecular complexity index is 744. The molecule has 2 aromatic carbocycles. The molecule has 3 rings (SSSR count). The second kappa shape index (κ2) is 10.1. The van der Waals surface area contributed by atoms with Crippen molar-refractivity contribution in [2.75, 3.05) is 40.0 Å². The van der Waals surface area contributed by atoms with Crippen LogP contribution in [-0.2, 0) is 10.2 Å². The summed E-state index contributed by atoms with van der Waals surface area (Å²) in [5, 5.41) is 6.71. The van der Waals surface area contributed by atoms with Gasteiger partial charge < -0.3 is 20.1 Å². The summed E-state index contributed by atoms with van der Waals surface area (Å²) in [5.41, 5.74) is 1.04. The lowest BCUT2D eigenvalue weighted by molar-refractivity contribution is 0.0513. The number of ether oxygens (including phenoxy) is 2.